The molecule has 7 heteroatoms. The first kappa shape index (κ1) is 18.9. The van der Waals surface area contributed by atoms with Crippen molar-refractivity contribution in [2.45, 2.75) is 16.8 Å². The summed E-state index contributed by atoms with van der Waals surface area (Å²) < 4.78 is 0.741. The normalized spacial score (nSPS) is 11.5. The molecule has 4 nitrogen and oxygen atoms in total. The first-order valence-corrected chi connectivity index (χ1v) is 15.9. The van der Waals surface area contributed by atoms with Crippen molar-refractivity contribution in [3.63, 3.8) is 0 Å². The predicted molar refractivity (Wildman–Crippen MR) is 86.7 cm³/mol. The topological polar surface area (TPSA) is 40.9 Å². The van der Waals surface area contributed by atoms with Gasteiger partial charge in [-0.05, 0) is 0 Å². The Balaban J connectivity index is 0.000000711. The van der Waals surface area contributed by atoms with Gasteiger partial charge in [0.25, 0.3) is 0 Å². The Hall–Kier alpha value is -0.102. The number of aromatic nitrogens is 1. The van der Waals surface area contributed by atoms with Crippen LogP contribution in [0.2, 0.25) is 9.88 Å². The third-order valence-corrected chi connectivity index (χ3v) is 2.64. The van der Waals surface area contributed by atoms with E-state index in [0.29, 0.717) is 0 Å². The van der Waals surface area contributed by atoms with Gasteiger partial charge in [0.05, 0.1) is 0 Å². The van der Waals surface area contributed by atoms with Crippen molar-refractivity contribution in [2.24, 2.45) is 10.2 Å². The van der Waals surface area contributed by atoms with Crippen LogP contribution in [0.4, 0.5) is 0 Å². The van der Waals surface area contributed by atoms with Crippen LogP contribution in [0, 0.1) is 0 Å². The van der Waals surface area contributed by atoms with Crippen LogP contribution in [0.15, 0.2) is 34.6 Å². The Morgan fingerprint density at radius 1 is 1.32 bits per heavy atom. The van der Waals surface area contributed by atoms with E-state index in [1.165, 1.54) is 0 Å². The first-order valence-electron chi connectivity index (χ1n) is 5.68. The second kappa shape index (κ2) is 10.7. The van der Waals surface area contributed by atoms with Gasteiger partial charge in [0, 0.05) is 0 Å². The summed E-state index contributed by atoms with van der Waals surface area (Å²) in [6, 6.07) is 5.71. The molecule has 0 unspecified atom stereocenters. The Kier molecular flexibility index (Phi) is 10.6. The zero-order chi connectivity index (χ0) is 14.8. The molecule has 0 N–H and O–H groups in total. The van der Waals surface area contributed by atoms with Gasteiger partial charge < -0.3 is 0 Å². The van der Waals surface area contributed by atoms with Crippen molar-refractivity contribution in [1.29, 1.82) is 0 Å². The summed E-state index contributed by atoms with van der Waals surface area (Å²) in [6.07, 6.45) is 1.74. The van der Waals surface area contributed by atoms with Crippen LogP contribution in [0.1, 0.15) is 12.6 Å². The molecule has 0 aliphatic heterocycles. The molecule has 0 radical (unpaired) electrons. The molecule has 1 heterocycles. The van der Waals surface area contributed by atoms with Gasteiger partial charge in [0.15, 0.2) is 0 Å². The zero-order valence-electron chi connectivity index (χ0n) is 11.9. The fourth-order valence-electron chi connectivity index (χ4n) is 0.835. The molecule has 0 spiro atoms. The van der Waals surface area contributed by atoms with E-state index in [9.17, 15) is 0 Å². The molecule has 0 aliphatic rings. The molecule has 104 valence electrons. The number of nitrogens with zero attached hydrogens (tertiary/aromatic N) is 4. The number of pyridine rings is 1. The molecule has 0 fully saturated rings. The van der Waals surface area contributed by atoms with Crippen LogP contribution in [0.25, 0.3) is 0 Å². The number of halogens is 1. The summed E-state index contributed by atoms with van der Waals surface area (Å²) in [5.74, 6) is 0. The number of amidine groups is 1. The third kappa shape index (κ3) is 10.4. The second-order valence-corrected chi connectivity index (χ2v) is 14.9. The van der Waals surface area contributed by atoms with Crippen LogP contribution >= 0.6 is 8.92 Å². The van der Waals surface area contributed by atoms with Crippen molar-refractivity contribution in [3.8, 4) is 0 Å². The quantitative estimate of drug-likeness (QED) is 0.299. The van der Waals surface area contributed by atoms with Crippen LogP contribution < -0.4 is 0 Å². The van der Waals surface area contributed by atoms with Gasteiger partial charge in [-0.1, -0.05) is 0 Å². The molecule has 0 atom stereocenters. The Bertz CT molecular complexity index is 418. The van der Waals surface area contributed by atoms with E-state index in [2.05, 4.69) is 41.1 Å². The van der Waals surface area contributed by atoms with Crippen molar-refractivity contribution < 1.29 is 0 Å². The van der Waals surface area contributed by atoms with Crippen molar-refractivity contribution in [1.82, 2.24) is 9.88 Å². The summed E-state index contributed by atoms with van der Waals surface area (Å²) in [5.41, 5.74) is 1.64. The molecule has 0 aliphatic carbocycles. The van der Waals surface area contributed by atoms with Crippen LogP contribution in [0.3, 0.4) is 0 Å². The van der Waals surface area contributed by atoms with Crippen molar-refractivity contribution in [3.05, 3.63) is 30.1 Å². The van der Waals surface area contributed by atoms with E-state index < -0.39 is 18.6 Å². The Labute approximate surface area is 134 Å². The van der Waals surface area contributed by atoms with Gasteiger partial charge in [-0.2, -0.15) is 0 Å². The molecule has 19 heavy (non-hydrogen) atoms. The van der Waals surface area contributed by atoms with Gasteiger partial charge in [0.1, 0.15) is 0 Å². The van der Waals surface area contributed by atoms with Crippen LogP contribution in [-0.2, 0) is 0 Å². The fourth-order valence-corrected chi connectivity index (χ4v) is 0.921. The molecule has 1 aromatic rings. The van der Waals surface area contributed by atoms with Gasteiger partial charge >= 0.3 is 135 Å². The Morgan fingerprint density at radius 2 is 1.89 bits per heavy atom. The molecule has 0 saturated carbocycles. The van der Waals surface area contributed by atoms with E-state index in [1.54, 1.807) is 6.20 Å². The van der Waals surface area contributed by atoms with Gasteiger partial charge in [0.2, 0.25) is 0 Å². The minimum absolute atomic E-state index is 0.741. The molecule has 0 saturated heterocycles. The maximum atomic E-state index is 5.47. The van der Waals surface area contributed by atoms with E-state index >= 15 is 0 Å². The van der Waals surface area contributed by atoms with Gasteiger partial charge in [-0.15, -0.1) is 0 Å². The molecular weight excluding hydrogens is 433 g/mol. The standard InChI is InChI=1S/C10H14N4Se.2CH3.ClH.Sn/c1-8(9-6-4-5-7-11-9)12-13-10(15)14(2)3;;;;/h4-7H,1-3H3,(H,13,15);2*1H3;1H;/q;;;;+2/p-2/b12-8+;;;;. The zero-order valence-corrected chi connectivity index (χ0v) is 17.2. The average Bonchev–Trinajstić information content (AvgIpc) is 2.35. The maximum absolute atomic E-state index is 5.47. The van der Waals surface area contributed by atoms with Crippen molar-refractivity contribution >= 4 is 54.0 Å². The molecular formula is C12H19ClN4SeSn. The summed E-state index contributed by atoms with van der Waals surface area (Å²) in [6.45, 7) is 1.88. The summed E-state index contributed by atoms with van der Waals surface area (Å²) in [7, 11) is 9.28. The monoisotopic (exact) mass is 454 g/mol. The Morgan fingerprint density at radius 3 is 2.32 bits per heavy atom. The molecule has 1 aromatic heterocycles. The van der Waals surface area contributed by atoms with Crippen LogP contribution in [0.5, 0.6) is 0 Å². The molecule has 0 amide bonds. The number of hydrogen-bond donors (Lipinski definition) is 0. The SMILES string of the molecule is C/C(=N\N=C(/[Se-])N(C)C)c1ccccn1.[CH3][Sn+]([CH3])[Cl]. The van der Waals surface area contributed by atoms with Crippen LogP contribution in [-0.4, -0.2) is 69.1 Å². The third-order valence-electron chi connectivity index (χ3n) is 1.70. The molecule has 0 bridgehead atoms. The second-order valence-electron chi connectivity index (χ2n) is 4.06. The average molecular weight is 452 g/mol. The first-order chi connectivity index (χ1) is 8.84. The summed E-state index contributed by atoms with van der Waals surface area (Å²) >= 11 is 1.76. The van der Waals surface area contributed by atoms with E-state index in [4.69, 9.17) is 8.92 Å². The summed E-state index contributed by atoms with van der Waals surface area (Å²) in [5, 5.41) is 8.12. The van der Waals surface area contributed by atoms with Gasteiger partial charge in [-0.25, -0.2) is 0 Å². The number of hydrogen-bond acceptors (Lipinski definition) is 3. The van der Waals surface area contributed by atoms with E-state index in [-0.39, 0.29) is 0 Å². The van der Waals surface area contributed by atoms with E-state index in [1.807, 2.05) is 44.1 Å². The minimum atomic E-state index is -1.07. The summed E-state index contributed by atoms with van der Waals surface area (Å²) in [4.78, 5) is 10.3. The fraction of sp³-hybridized carbons (Fsp3) is 0.417. The molecule has 0 aromatic carbocycles. The number of rotatable bonds is 2. The van der Waals surface area contributed by atoms with E-state index in [0.717, 1.165) is 16.1 Å². The van der Waals surface area contributed by atoms with Gasteiger partial charge in [-0.3, -0.25) is 0 Å². The predicted octanol–water partition coefficient (Wildman–Crippen LogP) is 2.37. The molecule has 1 rings (SSSR count). The van der Waals surface area contributed by atoms with Crippen molar-refractivity contribution in [2.75, 3.05) is 14.1 Å².